The van der Waals surface area contributed by atoms with Gasteiger partial charge in [-0.25, -0.2) is 4.39 Å². The van der Waals surface area contributed by atoms with Crippen molar-refractivity contribution in [1.82, 2.24) is 30.2 Å². The molecule has 2 N–H and O–H groups in total. The highest BCUT2D eigenvalue weighted by Gasteiger charge is 2.24. The van der Waals surface area contributed by atoms with E-state index in [1.54, 1.807) is 12.1 Å². The fourth-order valence-electron chi connectivity index (χ4n) is 4.13. The molecule has 0 saturated carbocycles. The number of rotatable bonds is 6. The highest BCUT2D eigenvalue weighted by Crippen LogP contribution is 2.21. The van der Waals surface area contributed by atoms with Crippen LogP contribution < -0.4 is 5.32 Å². The van der Waals surface area contributed by atoms with E-state index < -0.39 is 0 Å². The van der Waals surface area contributed by atoms with Gasteiger partial charge in [-0.1, -0.05) is 6.92 Å². The standard InChI is InChI=1S/C23H29FN6O/c1-4-20-15(2)22(27-26-20)23(31)25-18-9-11-30(12-10-18)14-19-13-21(28-29(19)3)16-5-7-17(24)8-6-16/h5-8,13,18H,4,9-12,14H2,1-3H3,(H,25,31)(H,26,27). The first-order valence-corrected chi connectivity index (χ1v) is 10.8. The molecule has 1 saturated heterocycles. The van der Waals surface area contributed by atoms with Crippen molar-refractivity contribution in [2.75, 3.05) is 13.1 Å². The van der Waals surface area contributed by atoms with Crippen molar-refractivity contribution in [3.63, 3.8) is 0 Å². The summed E-state index contributed by atoms with van der Waals surface area (Å²) in [5.74, 6) is -0.342. The Balaban J connectivity index is 1.32. The van der Waals surface area contributed by atoms with Gasteiger partial charge >= 0.3 is 0 Å². The maximum absolute atomic E-state index is 13.2. The highest BCUT2D eigenvalue weighted by molar-refractivity contribution is 5.94. The molecule has 3 aromatic rings. The zero-order chi connectivity index (χ0) is 22.0. The zero-order valence-corrected chi connectivity index (χ0v) is 18.3. The molecule has 0 spiro atoms. The van der Waals surface area contributed by atoms with Gasteiger partial charge in [0.25, 0.3) is 5.91 Å². The van der Waals surface area contributed by atoms with Crippen molar-refractivity contribution in [2.45, 2.75) is 45.7 Å². The second kappa shape index (κ2) is 9.01. The number of H-pyrrole nitrogens is 1. The molecule has 1 aromatic carbocycles. The van der Waals surface area contributed by atoms with E-state index in [2.05, 4.69) is 31.6 Å². The van der Waals surface area contributed by atoms with E-state index in [9.17, 15) is 9.18 Å². The number of carbonyl (C=O) groups is 1. The molecule has 0 unspecified atom stereocenters. The minimum absolute atomic E-state index is 0.0949. The first-order chi connectivity index (χ1) is 14.9. The summed E-state index contributed by atoms with van der Waals surface area (Å²) < 4.78 is 15.1. The Kier molecular flexibility index (Phi) is 6.18. The van der Waals surface area contributed by atoms with Crippen molar-refractivity contribution >= 4 is 5.91 Å². The van der Waals surface area contributed by atoms with Crippen molar-refractivity contribution in [3.05, 3.63) is 58.8 Å². The SMILES string of the molecule is CCc1[nH]nc(C(=O)NC2CCN(Cc3cc(-c4ccc(F)cc4)nn3C)CC2)c1C. The normalized spacial score (nSPS) is 15.4. The average molecular weight is 425 g/mol. The molecule has 3 heterocycles. The number of hydrogen-bond acceptors (Lipinski definition) is 4. The van der Waals surface area contributed by atoms with E-state index >= 15 is 0 Å². The minimum atomic E-state index is -0.247. The fourth-order valence-corrected chi connectivity index (χ4v) is 4.13. The van der Waals surface area contributed by atoms with Gasteiger partial charge in [-0.15, -0.1) is 0 Å². The van der Waals surface area contributed by atoms with Crippen LogP contribution in [0.1, 0.15) is 47.2 Å². The number of likely N-dealkylation sites (tertiary alicyclic amines) is 1. The van der Waals surface area contributed by atoms with E-state index in [-0.39, 0.29) is 17.8 Å². The lowest BCUT2D eigenvalue weighted by Gasteiger charge is -2.32. The maximum atomic E-state index is 13.2. The van der Waals surface area contributed by atoms with Crippen LogP contribution in [0.4, 0.5) is 4.39 Å². The maximum Gasteiger partial charge on any atom is 0.272 e. The molecule has 0 radical (unpaired) electrons. The summed E-state index contributed by atoms with van der Waals surface area (Å²) in [4.78, 5) is 15.0. The number of piperidine rings is 1. The van der Waals surface area contributed by atoms with Crippen molar-refractivity contribution in [3.8, 4) is 11.3 Å². The summed E-state index contributed by atoms with van der Waals surface area (Å²) in [5, 5.41) is 14.9. The molecular weight excluding hydrogens is 395 g/mol. The lowest BCUT2D eigenvalue weighted by atomic mass is 10.0. The van der Waals surface area contributed by atoms with Crippen molar-refractivity contribution < 1.29 is 9.18 Å². The molecule has 164 valence electrons. The number of carbonyl (C=O) groups excluding carboxylic acids is 1. The van der Waals surface area contributed by atoms with E-state index in [0.29, 0.717) is 5.69 Å². The van der Waals surface area contributed by atoms with Gasteiger partial charge in [0, 0.05) is 49.5 Å². The first kappa shape index (κ1) is 21.2. The van der Waals surface area contributed by atoms with Crippen LogP contribution in [0, 0.1) is 12.7 Å². The Labute approximate surface area is 181 Å². The predicted molar refractivity (Wildman–Crippen MR) is 117 cm³/mol. The number of halogens is 1. The summed E-state index contributed by atoms with van der Waals surface area (Å²) in [5.41, 5.74) is 5.32. The summed E-state index contributed by atoms with van der Waals surface area (Å²) in [6.45, 7) is 6.59. The Morgan fingerprint density at radius 1 is 1.26 bits per heavy atom. The Hall–Kier alpha value is -3.00. The van der Waals surface area contributed by atoms with E-state index in [1.165, 1.54) is 12.1 Å². The summed E-state index contributed by atoms with van der Waals surface area (Å²) in [7, 11) is 1.94. The smallest absolute Gasteiger partial charge is 0.272 e. The van der Waals surface area contributed by atoms with Crippen LogP contribution in [0.15, 0.2) is 30.3 Å². The largest absolute Gasteiger partial charge is 0.348 e. The van der Waals surface area contributed by atoms with Gasteiger partial charge in [0.2, 0.25) is 0 Å². The zero-order valence-electron chi connectivity index (χ0n) is 18.3. The number of nitrogens with one attached hydrogen (secondary N) is 2. The molecular formula is C23H29FN6O. The molecule has 7 nitrogen and oxygen atoms in total. The molecule has 0 aliphatic carbocycles. The van der Waals surface area contributed by atoms with Gasteiger partial charge in [-0.05, 0) is 56.5 Å². The van der Waals surface area contributed by atoms with E-state index in [1.807, 2.05) is 25.6 Å². The molecule has 1 amide bonds. The predicted octanol–water partition coefficient (Wildman–Crippen LogP) is 3.21. The molecule has 0 atom stereocenters. The third-order valence-electron chi connectivity index (χ3n) is 6.10. The number of benzene rings is 1. The van der Waals surface area contributed by atoms with Crippen molar-refractivity contribution in [2.24, 2.45) is 7.05 Å². The van der Waals surface area contributed by atoms with Crippen LogP contribution >= 0.6 is 0 Å². The third-order valence-corrected chi connectivity index (χ3v) is 6.10. The molecule has 4 rings (SSSR count). The lowest BCUT2D eigenvalue weighted by Crippen LogP contribution is -2.44. The van der Waals surface area contributed by atoms with Gasteiger partial charge in [0.15, 0.2) is 5.69 Å². The van der Waals surface area contributed by atoms with Crippen LogP contribution in [0.3, 0.4) is 0 Å². The second-order valence-electron chi connectivity index (χ2n) is 8.20. The number of aryl methyl sites for hydroxylation is 2. The van der Waals surface area contributed by atoms with Gasteiger partial charge in [0.1, 0.15) is 5.82 Å². The van der Waals surface area contributed by atoms with Crippen LogP contribution in [-0.2, 0) is 20.0 Å². The molecule has 2 aromatic heterocycles. The fraction of sp³-hybridized carbons (Fsp3) is 0.435. The van der Waals surface area contributed by atoms with Crippen LogP contribution in [0.2, 0.25) is 0 Å². The Bertz CT molecular complexity index is 1050. The number of hydrogen-bond donors (Lipinski definition) is 2. The van der Waals surface area contributed by atoms with E-state index in [0.717, 1.165) is 67.1 Å². The Morgan fingerprint density at radius 2 is 1.97 bits per heavy atom. The number of nitrogens with zero attached hydrogens (tertiary/aromatic N) is 4. The van der Waals surface area contributed by atoms with Gasteiger partial charge < -0.3 is 5.32 Å². The Morgan fingerprint density at radius 3 is 2.61 bits per heavy atom. The van der Waals surface area contributed by atoms with Crippen molar-refractivity contribution in [1.29, 1.82) is 0 Å². The van der Waals surface area contributed by atoms with Gasteiger partial charge in [-0.2, -0.15) is 10.2 Å². The molecule has 1 fully saturated rings. The molecule has 1 aliphatic heterocycles. The third kappa shape index (κ3) is 4.69. The molecule has 8 heteroatoms. The molecule has 0 bridgehead atoms. The highest BCUT2D eigenvalue weighted by atomic mass is 19.1. The summed E-state index contributed by atoms with van der Waals surface area (Å²) in [6, 6.07) is 8.63. The van der Waals surface area contributed by atoms with Gasteiger partial charge in [-0.3, -0.25) is 19.5 Å². The topological polar surface area (TPSA) is 78.8 Å². The van der Waals surface area contributed by atoms with E-state index in [4.69, 9.17) is 0 Å². The summed E-state index contributed by atoms with van der Waals surface area (Å²) >= 11 is 0. The van der Waals surface area contributed by atoms with Crippen LogP contribution in [0.5, 0.6) is 0 Å². The minimum Gasteiger partial charge on any atom is -0.348 e. The summed E-state index contributed by atoms with van der Waals surface area (Å²) in [6.07, 6.45) is 2.64. The number of aromatic amines is 1. The first-order valence-electron chi connectivity index (χ1n) is 10.8. The van der Waals surface area contributed by atoms with Gasteiger partial charge in [0.05, 0.1) is 11.4 Å². The monoisotopic (exact) mass is 424 g/mol. The lowest BCUT2D eigenvalue weighted by molar-refractivity contribution is 0.0902. The number of amides is 1. The second-order valence-corrected chi connectivity index (χ2v) is 8.20. The molecule has 1 aliphatic rings. The number of aromatic nitrogens is 4. The van der Waals surface area contributed by atoms with Crippen LogP contribution in [-0.4, -0.2) is 49.9 Å². The quantitative estimate of drug-likeness (QED) is 0.637. The average Bonchev–Trinajstić information content (AvgIpc) is 3.32. The van der Waals surface area contributed by atoms with Crippen LogP contribution in [0.25, 0.3) is 11.3 Å². The molecule has 31 heavy (non-hydrogen) atoms.